The molecular weight excluding hydrogens is 318 g/mol. The van der Waals surface area contributed by atoms with Crippen molar-refractivity contribution in [2.45, 2.75) is 0 Å². The molecule has 5 heteroatoms. The van der Waals surface area contributed by atoms with Gasteiger partial charge in [-0.05, 0) is 47.2 Å². The average molecular weight is 334 g/mol. The summed E-state index contributed by atoms with van der Waals surface area (Å²) in [6, 6.07) is 18.1. The first-order chi connectivity index (χ1) is 10.1. The molecule has 0 aromatic heterocycles. The molecule has 0 spiro atoms. The van der Waals surface area contributed by atoms with Crippen LogP contribution >= 0.6 is 36.2 Å². The van der Waals surface area contributed by atoms with Crippen molar-refractivity contribution in [3.8, 4) is 16.9 Å². The number of rotatable bonds is 2. The summed E-state index contributed by atoms with van der Waals surface area (Å²) in [5, 5.41) is 0. The lowest BCUT2D eigenvalue weighted by Gasteiger charge is -2.13. The summed E-state index contributed by atoms with van der Waals surface area (Å²) >= 11 is 11.6. The minimum absolute atomic E-state index is 0.404. The average Bonchev–Trinajstić information content (AvgIpc) is 2.48. The van der Waals surface area contributed by atoms with Gasteiger partial charge in [-0.3, -0.25) is 0 Å². The summed E-state index contributed by atoms with van der Waals surface area (Å²) in [6.45, 7) is 0. The van der Waals surface area contributed by atoms with Gasteiger partial charge in [0.25, 0.3) is 0 Å². The molecule has 0 unspecified atom stereocenters. The van der Waals surface area contributed by atoms with Crippen LogP contribution in [-0.4, -0.2) is 27.7 Å². The fourth-order valence-corrected chi connectivity index (χ4v) is 2.81. The third-order valence-electron chi connectivity index (χ3n) is 2.70. The molecule has 0 aliphatic heterocycles. The van der Waals surface area contributed by atoms with E-state index in [1.54, 1.807) is 0 Å². The van der Waals surface area contributed by atoms with Gasteiger partial charge in [0.15, 0.2) is 0 Å². The van der Waals surface area contributed by atoms with Crippen molar-refractivity contribution >= 4 is 44.9 Å². The highest BCUT2D eigenvalue weighted by Gasteiger charge is 2.07. The van der Waals surface area contributed by atoms with Gasteiger partial charge in [-0.15, -0.1) is 0 Å². The summed E-state index contributed by atoms with van der Waals surface area (Å²) in [5.74, 6) is 0.716. The molecule has 0 bridgehead atoms. The number of benzene rings is 2. The minimum atomic E-state index is 0.404. The minimum Gasteiger partial charge on any atom is -0.439 e. The van der Waals surface area contributed by atoms with Crippen LogP contribution in [0.5, 0.6) is 5.75 Å². The number of ether oxygens (including phenoxy) is 1. The van der Waals surface area contributed by atoms with Crippen LogP contribution in [0.4, 0.5) is 0 Å². The van der Waals surface area contributed by atoms with Gasteiger partial charge < -0.3 is 9.64 Å². The Morgan fingerprint density at radius 1 is 0.905 bits per heavy atom. The maximum absolute atomic E-state index is 5.61. The van der Waals surface area contributed by atoms with E-state index >= 15 is 0 Å². The largest absolute Gasteiger partial charge is 0.439 e. The van der Waals surface area contributed by atoms with E-state index in [1.165, 1.54) is 17.3 Å². The van der Waals surface area contributed by atoms with E-state index in [1.807, 2.05) is 61.5 Å². The van der Waals surface area contributed by atoms with Crippen molar-refractivity contribution in [2.75, 3.05) is 14.1 Å². The van der Waals surface area contributed by atoms with E-state index in [-0.39, 0.29) is 0 Å². The zero-order chi connectivity index (χ0) is 15.2. The van der Waals surface area contributed by atoms with Crippen molar-refractivity contribution in [3.63, 3.8) is 0 Å². The van der Waals surface area contributed by atoms with Gasteiger partial charge in [0.1, 0.15) is 10.1 Å². The van der Waals surface area contributed by atoms with Gasteiger partial charge in [0.2, 0.25) is 4.38 Å². The van der Waals surface area contributed by atoms with Crippen molar-refractivity contribution in [1.29, 1.82) is 0 Å². The zero-order valence-corrected chi connectivity index (χ0v) is 14.2. The molecule has 108 valence electrons. The predicted molar refractivity (Wildman–Crippen MR) is 99.0 cm³/mol. The first-order valence-electron chi connectivity index (χ1n) is 6.32. The monoisotopic (exact) mass is 333 g/mol. The summed E-state index contributed by atoms with van der Waals surface area (Å²) in [7, 11) is 3.76. The highest BCUT2D eigenvalue weighted by atomic mass is 32.2. The van der Waals surface area contributed by atoms with Gasteiger partial charge in [0.05, 0.1) is 0 Å². The molecule has 0 aliphatic carbocycles. The predicted octanol–water partition coefficient (Wildman–Crippen LogP) is 4.60. The summed E-state index contributed by atoms with van der Waals surface area (Å²) in [5.41, 5.74) is 2.32. The molecule has 0 amide bonds. The highest BCUT2D eigenvalue weighted by Crippen LogP contribution is 2.23. The van der Waals surface area contributed by atoms with Gasteiger partial charge >= 0.3 is 0 Å². The molecule has 0 saturated heterocycles. The molecular formula is C16H15NOS3. The van der Waals surface area contributed by atoms with Crippen LogP contribution < -0.4 is 4.74 Å². The number of hydrogen-bond donors (Lipinski definition) is 0. The van der Waals surface area contributed by atoms with E-state index in [2.05, 4.69) is 12.1 Å². The van der Waals surface area contributed by atoms with E-state index in [9.17, 15) is 0 Å². The summed E-state index contributed by atoms with van der Waals surface area (Å²) in [4.78, 5) is 1.83. The Kier molecular flexibility index (Phi) is 5.73. The van der Waals surface area contributed by atoms with E-state index < -0.39 is 0 Å². The highest BCUT2D eigenvalue weighted by molar-refractivity contribution is 8.37. The Morgan fingerprint density at radius 3 is 2.05 bits per heavy atom. The second-order valence-corrected chi connectivity index (χ2v) is 6.74. The van der Waals surface area contributed by atoms with Crippen molar-refractivity contribution in [1.82, 2.24) is 4.90 Å². The van der Waals surface area contributed by atoms with Crippen LogP contribution in [0.15, 0.2) is 54.6 Å². The Balaban J connectivity index is 2.00. The zero-order valence-electron chi connectivity index (χ0n) is 11.8. The third-order valence-corrected chi connectivity index (χ3v) is 4.44. The molecule has 0 atom stereocenters. The topological polar surface area (TPSA) is 12.5 Å². The lowest BCUT2D eigenvalue weighted by molar-refractivity contribution is 0.579. The Hall–Kier alpha value is -1.43. The van der Waals surface area contributed by atoms with Gasteiger partial charge in [-0.25, -0.2) is 0 Å². The Morgan fingerprint density at radius 2 is 1.48 bits per heavy atom. The van der Waals surface area contributed by atoms with Crippen LogP contribution in [0.3, 0.4) is 0 Å². The van der Waals surface area contributed by atoms with Gasteiger partial charge in [-0.1, -0.05) is 54.7 Å². The van der Waals surface area contributed by atoms with E-state index in [0.717, 1.165) is 5.56 Å². The van der Waals surface area contributed by atoms with Crippen LogP contribution in [-0.2, 0) is 0 Å². The number of thiocarbonyl (C=S) groups is 2. The summed E-state index contributed by atoms with van der Waals surface area (Å²) < 4.78 is 6.69. The maximum Gasteiger partial charge on any atom is 0.232 e. The molecule has 0 heterocycles. The number of nitrogens with zero attached hydrogens (tertiary/aromatic N) is 1. The maximum atomic E-state index is 5.61. The first-order valence-corrected chi connectivity index (χ1v) is 7.96. The van der Waals surface area contributed by atoms with Gasteiger partial charge in [0, 0.05) is 14.1 Å². The van der Waals surface area contributed by atoms with E-state index in [4.69, 9.17) is 29.2 Å². The molecule has 0 saturated carbocycles. The first kappa shape index (κ1) is 15.9. The number of thioether (sulfide) groups is 1. The van der Waals surface area contributed by atoms with Crippen molar-refractivity contribution in [2.24, 2.45) is 0 Å². The molecule has 21 heavy (non-hydrogen) atoms. The molecule has 2 aromatic carbocycles. The molecule has 0 fully saturated rings. The van der Waals surface area contributed by atoms with Crippen molar-refractivity contribution < 1.29 is 4.74 Å². The van der Waals surface area contributed by atoms with Crippen molar-refractivity contribution in [3.05, 3.63) is 54.6 Å². The van der Waals surface area contributed by atoms with Crippen LogP contribution in [0, 0.1) is 0 Å². The third kappa shape index (κ3) is 4.81. The lowest BCUT2D eigenvalue weighted by atomic mass is 10.1. The van der Waals surface area contributed by atoms with Crippen LogP contribution in [0.1, 0.15) is 0 Å². The number of hydrogen-bond acceptors (Lipinski definition) is 4. The Labute approximate surface area is 140 Å². The molecule has 2 aromatic rings. The SMILES string of the molecule is CN(C)C(=S)SC(=S)Oc1ccc(-c2ccccc2)cc1. The molecule has 0 N–H and O–H groups in total. The fraction of sp³-hybridized carbons (Fsp3) is 0.125. The normalized spacial score (nSPS) is 10.0. The fourth-order valence-electron chi connectivity index (χ4n) is 1.63. The smallest absolute Gasteiger partial charge is 0.232 e. The second-order valence-electron chi connectivity index (χ2n) is 4.50. The summed E-state index contributed by atoms with van der Waals surface area (Å²) in [6.07, 6.45) is 0. The van der Waals surface area contributed by atoms with Gasteiger partial charge in [-0.2, -0.15) is 0 Å². The van der Waals surface area contributed by atoms with Crippen LogP contribution in [0.2, 0.25) is 0 Å². The molecule has 0 aliphatic rings. The quantitative estimate of drug-likeness (QED) is 0.743. The van der Waals surface area contributed by atoms with E-state index in [0.29, 0.717) is 14.5 Å². The molecule has 0 radical (unpaired) electrons. The second kappa shape index (κ2) is 7.54. The standard InChI is InChI=1S/C16H15NOS3/c1-17(2)15(19)21-16(20)18-14-10-8-13(9-11-14)12-6-4-3-5-7-12/h3-11H,1-2H3. The molecule has 2 rings (SSSR count). The molecule has 2 nitrogen and oxygen atoms in total. The Bertz CT molecular complexity index is 624. The van der Waals surface area contributed by atoms with Crippen LogP contribution in [0.25, 0.3) is 11.1 Å². The lowest BCUT2D eigenvalue weighted by Crippen LogP contribution is -2.18.